The molecular weight excluding hydrogens is 208 g/mol. The summed E-state index contributed by atoms with van der Waals surface area (Å²) in [4.78, 5) is 4.43. The van der Waals surface area contributed by atoms with Gasteiger partial charge in [-0.1, -0.05) is 22.9 Å². The van der Waals surface area contributed by atoms with Crippen LogP contribution in [-0.4, -0.2) is 17.1 Å². The monoisotopic (exact) mass is 214 g/mol. The lowest BCUT2D eigenvalue weighted by molar-refractivity contribution is 1.00. The first-order valence-electron chi connectivity index (χ1n) is 3.79. The molecule has 1 heterocycles. The summed E-state index contributed by atoms with van der Waals surface area (Å²) in [5.41, 5.74) is 5.61. The van der Waals surface area contributed by atoms with E-state index in [1.165, 1.54) is 11.3 Å². The molecule has 0 spiro atoms. The summed E-state index contributed by atoms with van der Waals surface area (Å²) in [5, 5.41) is 12.7. The van der Waals surface area contributed by atoms with Crippen molar-refractivity contribution < 1.29 is 0 Å². The molecule has 68 valence electrons. The minimum absolute atomic E-state index is 0.216. The Kier molecular flexibility index (Phi) is 2.12. The average molecular weight is 215 g/mol. The zero-order chi connectivity index (χ0) is 9.42. The van der Waals surface area contributed by atoms with Gasteiger partial charge in [-0.3, -0.25) is 0 Å². The van der Waals surface area contributed by atoms with Gasteiger partial charge in [-0.2, -0.15) is 5.26 Å². The molecule has 0 aliphatic heterocycles. The van der Waals surface area contributed by atoms with Crippen molar-refractivity contribution in [2.24, 2.45) is 5.73 Å². The molecule has 1 aromatic heterocycles. The van der Waals surface area contributed by atoms with E-state index in [2.05, 4.69) is 10.3 Å². The molecule has 6 heteroatoms. The van der Waals surface area contributed by atoms with Gasteiger partial charge >= 0.3 is 0 Å². The van der Waals surface area contributed by atoms with E-state index in [9.17, 15) is 0 Å². The third-order valence-corrected chi connectivity index (χ3v) is 3.11. The van der Waals surface area contributed by atoms with Gasteiger partial charge in [-0.25, -0.2) is 4.98 Å². The highest BCUT2D eigenvalue weighted by Crippen LogP contribution is 2.30. The molecule has 1 aliphatic carbocycles. The van der Waals surface area contributed by atoms with Crippen molar-refractivity contribution in [2.75, 3.05) is 5.32 Å². The van der Waals surface area contributed by atoms with Crippen molar-refractivity contribution >= 4 is 28.1 Å². The summed E-state index contributed by atoms with van der Waals surface area (Å²) in [6.07, 6.45) is 0.957. The average Bonchev–Trinajstić information content (AvgIpc) is 2.62. The number of hydrogen-bond acceptors (Lipinski definition) is 5. The summed E-state index contributed by atoms with van der Waals surface area (Å²) in [6, 6.07) is 2.49. The third-order valence-electron chi connectivity index (χ3n) is 1.84. The molecule has 0 aromatic carbocycles. The number of nitrogens with zero attached hydrogens (tertiary/aromatic N) is 2. The first kappa shape index (κ1) is 8.75. The topological polar surface area (TPSA) is 74.7 Å². The SMILES string of the molecule is N#Cc1sc(NC2CC2N)nc1Cl. The maximum Gasteiger partial charge on any atom is 0.185 e. The molecule has 1 aliphatic rings. The number of thiazole rings is 1. The maximum absolute atomic E-state index is 8.62. The van der Waals surface area contributed by atoms with Crippen molar-refractivity contribution in [1.29, 1.82) is 5.26 Å². The number of nitriles is 1. The summed E-state index contributed by atoms with van der Waals surface area (Å²) in [7, 11) is 0. The smallest absolute Gasteiger partial charge is 0.185 e. The Balaban J connectivity index is 2.09. The van der Waals surface area contributed by atoms with Gasteiger partial charge in [0.1, 0.15) is 10.9 Å². The predicted octanol–water partition coefficient (Wildman–Crippen LogP) is 1.18. The molecule has 3 N–H and O–H groups in total. The highest BCUT2D eigenvalue weighted by Gasteiger charge is 2.34. The second-order valence-electron chi connectivity index (χ2n) is 2.90. The van der Waals surface area contributed by atoms with Crippen molar-refractivity contribution in [3.05, 3.63) is 10.0 Å². The molecule has 0 radical (unpaired) electrons. The van der Waals surface area contributed by atoms with Crippen molar-refractivity contribution in [1.82, 2.24) is 4.98 Å². The Bertz CT molecular complexity index is 369. The summed E-state index contributed by atoms with van der Waals surface area (Å²) >= 11 is 6.95. The van der Waals surface area contributed by atoms with Crippen LogP contribution in [0.4, 0.5) is 5.13 Å². The number of rotatable bonds is 2. The van der Waals surface area contributed by atoms with Gasteiger partial charge < -0.3 is 11.1 Å². The van der Waals surface area contributed by atoms with Crippen LogP contribution < -0.4 is 11.1 Å². The van der Waals surface area contributed by atoms with Gasteiger partial charge in [-0.05, 0) is 6.42 Å². The number of aromatic nitrogens is 1. The third kappa shape index (κ3) is 1.75. The van der Waals surface area contributed by atoms with Crippen LogP contribution in [0.25, 0.3) is 0 Å². The second kappa shape index (κ2) is 3.14. The van der Waals surface area contributed by atoms with Crippen molar-refractivity contribution in [2.45, 2.75) is 18.5 Å². The van der Waals surface area contributed by atoms with Gasteiger partial charge in [0.05, 0.1) is 0 Å². The van der Waals surface area contributed by atoms with Crippen LogP contribution >= 0.6 is 22.9 Å². The first-order valence-corrected chi connectivity index (χ1v) is 4.98. The van der Waals surface area contributed by atoms with Crippen LogP contribution in [-0.2, 0) is 0 Å². The molecule has 2 rings (SSSR count). The molecule has 0 saturated heterocycles. The Morgan fingerprint density at radius 1 is 1.77 bits per heavy atom. The number of nitrogens with two attached hydrogens (primary N) is 1. The number of hydrogen-bond donors (Lipinski definition) is 2. The standard InChI is InChI=1S/C7H7ClN4S/c8-6-5(2-9)13-7(12-6)11-4-1-3(4)10/h3-4H,1,10H2,(H,11,12). The van der Waals surface area contributed by atoms with Gasteiger partial charge in [0, 0.05) is 12.1 Å². The fourth-order valence-electron chi connectivity index (χ4n) is 0.971. The molecule has 1 saturated carbocycles. The van der Waals surface area contributed by atoms with E-state index in [-0.39, 0.29) is 11.2 Å². The van der Waals surface area contributed by atoms with E-state index in [0.29, 0.717) is 16.1 Å². The lowest BCUT2D eigenvalue weighted by atomic mass is 10.6. The van der Waals surface area contributed by atoms with Gasteiger partial charge in [0.25, 0.3) is 0 Å². The molecule has 2 unspecified atom stereocenters. The van der Waals surface area contributed by atoms with E-state index in [1.807, 2.05) is 6.07 Å². The van der Waals surface area contributed by atoms with Crippen LogP contribution in [0.5, 0.6) is 0 Å². The van der Waals surface area contributed by atoms with E-state index >= 15 is 0 Å². The van der Waals surface area contributed by atoms with E-state index < -0.39 is 0 Å². The van der Waals surface area contributed by atoms with Crippen LogP contribution in [0.15, 0.2) is 0 Å². The highest BCUT2D eigenvalue weighted by molar-refractivity contribution is 7.16. The molecule has 4 nitrogen and oxygen atoms in total. The van der Waals surface area contributed by atoms with E-state index in [4.69, 9.17) is 22.6 Å². The maximum atomic E-state index is 8.62. The zero-order valence-corrected chi connectivity index (χ0v) is 8.19. The number of halogens is 1. The second-order valence-corrected chi connectivity index (χ2v) is 4.26. The van der Waals surface area contributed by atoms with E-state index in [1.54, 1.807) is 0 Å². The largest absolute Gasteiger partial charge is 0.357 e. The van der Waals surface area contributed by atoms with Crippen LogP contribution in [0.3, 0.4) is 0 Å². The summed E-state index contributed by atoms with van der Waals surface area (Å²) in [6.45, 7) is 0. The normalized spacial score (nSPS) is 25.3. The molecule has 0 bridgehead atoms. The van der Waals surface area contributed by atoms with Crippen LogP contribution in [0.2, 0.25) is 5.15 Å². The minimum Gasteiger partial charge on any atom is -0.357 e. The molecule has 1 fully saturated rings. The Morgan fingerprint density at radius 2 is 2.46 bits per heavy atom. The fourth-order valence-corrected chi connectivity index (χ4v) is 1.98. The van der Waals surface area contributed by atoms with Gasteiger partial charge in [0.2, 0.25) is 0 Å². The highest BCUT2D eigenvalue weighted by atomic mass is 35.5. The molecule has 2 atom stereocenters. The fraction of sp³-hybridized carbons (Fsp3) is 0.429. The number of nitrogens with one attached hydrogen (secondary N) is 1. The quantitative estimate of drug-likeness (QED) is 0.775. The number of anilines is 1. The first-order chi connectivity index (χ1) is 6.20. The van der Waals surface area contributed by atoms with Gasteiger partial charge in [-0.15, -0.1) is 0 Å². The zero-order valence-electron chi connectivity index (χ0n) is 6.62. The molecule has 1 aromatic rings. The minimum atomic E-state index is 0.216. The summed E-state index contributed by atoms with van der Waals surface area (Å²) < 4.78 is 0. The molecule has 0 amide bonds. The lowest BCUT2D eigenvalue weighted by Crippen LogP contribution is -2.12. The lowest BCUT2D eigenvalue weighted by Gasteiger charge is -1.96. The van der Waals surface area contributed by atoms with Crippen LogP contribution in [0, 0.1) is 11.3 Å². The summed E-state index contributed by atoms with van der Waals surface area (Å²) in [5.74, 6) is 0. The van der Waals surface area contributed by atoms with Crippen molar-refractivity contribution in [3.63, 3.8) is 0 Å². The molecular formula is C7H7ClN4S. The molecule has 13 heavy (non-hydrogen) atoms. The Morgan fingerprint density at radius 3 is 2.92 bits per heavy atom. The van der Waals surface area contributed by atoms with Gasteiger partial charge in [0.15, 0.2) is 10.3 Å². The predicted molar refractivity (Wildman–Crippen MR) is 51.8 cm³/mol. The van der Waals surface area contributed by atoms with Crippen molar-refractivity contribution in [3.8, 4) is 6.07 Å². The van der Waals surface area contributed by atoms with E-state index in [0.717, 1.165) is 6.42 Å². The Labute approximate surface area is 84.3 Å². The Hall–Kier alpha value is -0.830. The van der Waals surface area contributed by atoms with Crippen LogP contribution in [0.1, 0.15) is 11.3 Å².